The maximum Gasteiger partial charge on any atom is 0.0588 e. The highest BCUT2D eigenvalue weighted by molar-refractivity contribution is 7.84. The summed E-state index contributed by atoms with van der Waals surface area (Å²) in [5.41, 5.74) is 6.15. The monoisotopic (exact) mass is 643 g/mol. The van der Waals surface area contributed by atoms with Gasteiger partial charge in [-0.25, -0.2) is 0 Å². The molecule has 2 fully saturated rings. The van der Waals surface area contributed by atoms with E-state index in [1.54, 1.807) is 9.92 Å². The van der Waals surface area contributed by atoms with Crippen molar-refractivity contribution in [1.29, 1.82) is 0 Å². The number of nitrogens with zero attached hydrogens (tertiary/aromatic N) is 1. The number of hydrogen-bond acceptors (Lipinski definition) is 1. The topological polar surface area (TPSA) is 4.93 Å². The summed E-state index contributed by atoms with van der Waals surface area (Å²) in [6.07, 6.45) is 14.2. The number of hydrogen-bond donors (Lipinski definition) is 0. The van der Waals surface area contributed by atoms with E-state index in [4.69, 9.17) is 0 Å². The zero-order valence-corrected chi connectivity index (χ0v) is 29.0. The van der Waals surface area contributed by atoms with Crippen LogP contribution in [0, 0.1) is 0 Å². The Kier molecular flexibility index (Phi) is 8.66. The van der Waals surface area contributed by atoms with Crippen LogP contribution in [-0.4, -0.2) is 15.9 Å². The average molecular weight is 644 g/mol. The Morgan fingerprint density at radius 3 is 1.69 bits per heavy atom. The van der Waals surface area contributed by atoms with Crippen molar-refractivity contribution in [2.75, 3.05) is 0 Å². The molecule has 4 heteroatoms. The Morgan fingerprint density at radius 1 is 0.578 bits per heavy atom. The Morgan fingerprint density at radius 2 is 1.09 bits per heavy atom. The Balaban J connectivity index is 1.45. The zero-order valence-electron chi connectivity index (χ0n) is 26.4. The van der Waals surface area contributed by atoms with E-state index in [9.17, 15) is 0 Å². The SMILES string of the molecule is Cn1c(-c2c(P(c3ccccc3)c3ccccc3)sc3ccccc23)c(P(C2CCCCC2)C2CCCCC2)c2ccccc21. The van der Waals surface area contributed by atoms with Crippen LogP contribution in [-0.2, 0) is 7.05 Å². The first-order valence-electron chi connectivity index (χ1n) is 17.1. The fraction of sp³-hybridized carbons (Fsp3) is 0.317. The third kappa shape index (κ3) is 5.52. The number of para-hydroxylation sites is 1. The lowest BCUT2D eigenvalue weighted by Gasteiger charge is -2.39. The molecule has 45 heavy (non-hydrogen) atoms. The third-order valence-electron chi connectivity index (χ3n) is 10.3. The molecule has 0 bridgehead atoms. The van der Waals surface area contributed by atoms with Crippen molar-refractivity contribution in [2.45, 2.75) is 75.5 Å². The minimum absolute atomic E-state index is 0.301. The molecule has 0 unspecified atom stereocenters. The first-order valence-corrected chi connectivity index (χ1v) is 20.7. The minimum Gasteiger partial charge on any atom is -0.343 e. The van der Waals surface area contributed by atoms with Crippen molar-refractivity contribution in [3.8, 4) is 11.3 Å². The van der Waals surface area contributed by atoms with E-state index in [0.29, 0.717) is 0 Å². The maximum absolute atomic E-state index is 2.62. The molecule has 4 aromatic carbocycles. The molecule has 0 N–H and O–H groups in total. The molecule has 0 amide bonds. The van der Waals surface area contributed by atoms with Crippen molar-refractivity contribution in [3.63, 3.8) is 0 Å². The van der Waals surface area contributed by atoms with Crippen molar-refractivity contribution >= 4 is 68.7 Å². The molecule has 1 nitrogen and oxygen atoms in total. The minimum atomic E-state index is -0.727. The van der Waals surface area contributed by atoms with E-state index < -0.39 is 7.92 Å². The van der Waals surface area contributed by atoms with Gasteiger partial charge < -0.3 is 4.57 Å². The van der Waals surface area contributed by atoms with Crippen molar-refractivity contribution in [2.24, 2.45) is 7.05 Å². The van der Waals surface area contributed by atoms with E-state index >= 15 is 0 Å². The second-order valence-corrected chi connectivity index (χ2v) is 19.3. The molecule has 0 saturated heterocycles. The van der Waals surface area contributed by atoms with Gasteiger partial charge in [0.05, 0.1) is 5.69 Å². The maximum atomic E-state index is 2.62. The molecule has 0 radical (unpaired) electrons. The summed E-state index contributed by atoms with van der Waals surface area (Å²) in [6, 6.07) is 41.4. The van der Waals surface area contributed by atoms with Gasteiger partial charge in [-0.1, -0.05) is 144 Å². The lowest BCUT2D eigenvalue weighted by molar-refractivity contribution is 0.487. The molecule has 2 aromatic heterocycles. The fourth-order valence-electron chi connectivity index (χ4n) is 8.26. The van der Waals surface area contributed by atoms with Gasteiger partial charge in [0.25, 0.3) is 0 Å². The fourth-order valence-corrected chi connectivity index (χ4v) is 16.8. The molecular formula is C41H43NP2S. The van der Waals surface area contributed by atoms with Gasteiger partial charge in [-0.2, -0.15) is 0 Å². The Bertz CT molecular complexity index is 1840. The predicted molar refractivity (Wildman–Crippen MR) is 203 cm³/mol. The van der Waals surface area contributed by atoms with E-state index in [2.05, 4.69) is 121 Å². The average Bonchev–Trinajstić information content (AvgIpc) is 3.61. The number of aromatic nitrogens is 1. The van der Waals surface area contributed by atoms with Gasteiger partial charge >= 0.3 is 0 Å². The Hall–Kier alpha value is -2.76. The molecule has 2 saturated carbocycles. The summed E-state index contributed by atoms with van der Waals surface area (Å²) < 4.78 is 5.59. The highest BCUT2D eigenvalue weighted by Gasteiger charge is 2.38. The van der Waals surface area contributed by atoms with E-state index in [1.165, 1.54) is 107 Å². The third-order valence-corrected chi connectivity index (χ3v) is 17.9. The predicted octanol–water partition coefficient (Wildman–Crippen LogP) is 10.6. The van der Waals surface area contributed by atoms with Crippen LogP contribution >= 0.6 is 27.2 Å². The van der Waals surface area contributed by atoms with Gasteiger partial charge in [-0.05, 0) is 67.7 Å². The van der Waals surface area contributed by atoms with Gasteiger partial charge in [-0.3, -0.25) is 0 Å². The molecule has 8 rings (SSSR count). The van der Waals surface area contributed by atoms with E-state index in [1.807, 2.05) is 11.3 Å². The summed E-state index contributed by atoms with van der Waals surface area (Å²) in [5.74, 6) is 0. The quantitative estimate of drug-likeness (QED) is 0.153. The van der Waals surface area contributed by atoms with Crippen molar-refractivity contribution in [1.82, 2.24) is 4.57 Å². The zero-order chi connectivity index (χ0) is 30.2. The number of thiophene rings is 1. The first kappa shape index (κ1) is 29.6. The summed E-state index contributed by atoms with van der Waals surface area (Å²) in [4.78, 5) is 0. The molecule has 2 aliphatic carbocycles. The summed E-state index contributed by atoms with van der Waals surface area (Å²) >= 11 is 2.05. The van der Waals surface area contributed by atoms with Crippen LogP contribution in [0.2, 0.25) is 0 Å². The smallest absolute Gasteiger partial charge is 0.0588 e. The highest BCUT2D eigenvalue weighted by atomic mass is 32.1. The van der Waals surface area contributed by atoms with Crippen LogP contribution in [0.15, 0.2) is 109 Å². The number of benzene rings is 4. The van der Waals surface area contributed by atoms with Crippen LogP contribution in [0.1, 0.15) is 64.2 Å². The molecule has 228 valence electrons. The lowest BCUT2D eigenvalue weighted by atomic mass is 9.99. The van der Waals surface area contributed by atoms with E-state index in [-0.39, 0.29) is 7.92 Å². The molecule has 0 aliphatic heterocycles. The van der Waals surface area contributed by atoms with Crippen LogP contribution in [0.5, 0.6) is 0 Å². The number of aryl methyl sites for hydroxylation is 1. The standard InChI is InChI=1S/C41H43NP2S/c1-42-36-28-16-14-26-34(36)40(43(30-18-6-2-7-19-30)31-20-8-3-9-21-31)39(42)38-35-27-15-17-29-37(35)45-41(38)44(32-22-10-4-11-23-32)33-24-12-5-13-25-33/h4-5,10-17,22-31H,2-3,6-9,18-21H2,1H3. The largest absolute Gasteiger partial charge is 0.343 e. The van der Waals surface area contributed by atoms with Crippen LogP contribution in [0.3, 0.4) is 0 Å². The highest BCUT2D eigenvalue weighted by Crippen LogP contribution is 2.58. The molecule has 0 atom stereocenters. The van der Waals surface area contributed by atoms with Gasteiger partial charge in [0.15, 0.2) is 0 Å². The summed E-state index contributed by atoms with van der Waals surface area (Å²) in [7, 11) is 1.35. The van der Waals surface area contributed by atoms with E-state index in [0.717, 1.165) is 11.3 Å². The van der Waals surface area contributed by atoms with Gasteiger partial charge in [0.1, 0.15) is 0 Å². The first-order chi connectivity index (χ1) is 22.3. The second-order valence-electron chi connectivity index (χ2n) is 13.0. The molecular weight excluding hydrogens is 600 g/mol. The van der Waals surface area contributed by atoms with Crippen LogP contribution in [0.25, 0.3) is 32.2 Å². The molecule has 2 heterocycles. The second kappa shape index (κ2) is 13.2. The normalized spacial score (nSPS) is 16.8. The molecule has 2 aliphatic rings. The summed E-state index contributed by atoms with van der Waals surface area (Å²) in [5, 5.41) is 7.58. The van der Waals surface area contributed by atoms with Gasteiger partial charge in [0.2, 0.25) is 0 Å². The summed E-state index contributed by atoms with van der Waals surface area (Å²) in [6.45, 7) is 0. The lowest BCUT2D eigenvalue weighted by Crippen LogP contribution is -2.28. The van der Waals surface area contributed by atoms with Crippen molar-refractivity contribution in [3.05, 3.63) is 109 Å². The van der Waals surface area contributed by atoms with Crippen molar-refractivity contribution < 1.29 is 0 Å². The molecule has 0 spiro atoms. The van der Waals surface area contributed by atoms with Gasteiger partial charge in [0, 0.05) is 43.5 Å². The van der Waals surface area contributed by atoms with Crippen LogP contribution in [0.4, 0.5) is 0 Å². The van der Waals surface area contributed by atoms with Crippen LogP contribution < -0.4 is 20.5 Å². The molecule has 6 aromatic rings. The Labute approximate surface area is 275 Å². The number of rotatable bonds is 7. The number of fused-ring (bicyclic) bond motifs is 2. The van der Waals surface area contributed by atoms with Gasteiger partial charge in [-0.15, -0.1) is 11.3 Å².